The second-order valence-corrected chi connectivity index (χ2v) is 2.97. The van der Waals surface area contributed by atoms with Crippen molar-refractivity contribution in [2.24, 2.45) is 5.92 Å². The molecular weight excluding hydrogens is 112 g/mol. The third-order valence-electron chi connectivity index (χ3n) is 2.33. The number of ether oxygens (including phenoxy) is 1. The van der Waals surface area contributed by atoms with Crippen LogP contribution in [0.3, 0.4) is 0 Å². The lowest BCUT2D eigenvalue weighted by atomic mass is 9.98. The van der Waals surface area contributed by atoms with Crippen LogP contribution in [0.2, 0.25) is 0 Å². The molecule has 9 heavy (non-hydrogen) atoms. The van der Waals surface area contributed by atoms with Crippen LogP contribution in [0.4, 0.5) is 0 Å². The lowest BCUT2D eigenvalue weighted by Crippen LogP contribution is -2.23. The summed E-state index contributed by atoms with van der Waals surface area (Å²) in [7, 11) is 0. The molecule has 0 N–H and O–H groups in total. The van der Waals surface area contributed by atoms with Gasteiger partial charge in [-0.05, 0) is 38.0 Å². The van der Waals surface area contributed by atoms with Crippen LogP contribution >= 0.6 is 0 Å². The Morgan fingerprint density at radius 2 is 2.33 bits per heavy atom. The Kier molecular flexibility index (Phi) is 1.46. The summed E-state index contributed by atoms with van der Waals surface area (Å²) >= 11 is 0. The summed E-state index contributed by atoms with van der Waals surface area (Å²) in [5.74, 6) is 0.832. The maximum absolute atomic E-state index is 5.54. The number of rotatable bonds is 0. The molecule has 0 aromatic heterocycles. The zero-order chi connectivity index (χ0) is 6.10. The first kappa shape index (κ1) is 5.72. The van der Waals surface area contributed by atoms with Gasteiger partial charge in [-0.2, -0.15) is 0 Å². The van der Waals surface area contributed by atoms with Gasteiger partial charge in [0.2, 0.25) is 0 Å². The molecule has 50 valence electrons. The van der Waals surface area contributed by atoms with E-state index in [0.29, 0.717) is 6.10 Å². The Morgan fingerprint density at radius 3 is 3.22 bits per heavy atom. The van der Waals surface area contributed by atoms with Crippen LogP contribution in [0, 0.1) is 12.3 Å². The van der Waals surface area contributed by atoms with Crippen molar-refractivity contribution in [3.8, 4) is 0 Å². The fourth-order valence-corrected chi connectivity index (χ4v) is 1.77. The molecule has 1 aliphatic carbocycles. The summed E-state index contributed by atoms with van der Waals surface area (Å²) in [4.78, 5) is 0. The molecule has 0 aromatic carbocycles. The molecule has 1 saturated carbocycles. The van der Waals surface area contributed by atoms with E-state index in [2.05, 4.69) is 6.42 Å². The maximum atomic E-state index is 5.54. The predicted molar refractivity (Wildman–Crippen MR) is 34.9 cm³/mol. The molecule has 1 saturated heterocycles. The zero-order valence-corrected chi connectivity index (χ0v) is 5.60. The van der Waals surface area contributed by atoms with Crippen LogP contribution in [-0.2, 0) is 4.74 Å². The highest BCUT2D eigenvalue weighted by atomic mass is 16.5. The first-order chi connectivity index (χ1) is 4.47. The average Bonchev–Trinajstić information content (AvgIpc) is 2.33. The van der Waals surface area contributed by atoms with Crippen LogP contribution in [0.15, 0.2) is 0 Å². The van der Waals surface area contributed by atoms with Gasteiger partial charge in [0.25, 0.3) is 0 Å². The minimum atomic E-state index is 0.554. The van der Waals surface area contributed by atoms with Gasteiger partial charge in [0.1, 0.15) is 0 Å². The largest absolute Gasteiger partial charge is 0.378 e. The molecule has 2 fully saturated rings. The Labute approximate surface area is 56.4 Å². The second-order valence-electron chi connectivity index (χ2n) is 2.97. The molecule has 1 heterocycles. The van der Waals surface area contributed by atoms with E-state index in [-0.39, 0.29) is 0 Å². The van der Waals surface area contributed by atoms with Crippen molar-refractivity contribution in [1.29, 1.82) is 0 Å². The van der Waals surface area contributed by atoms with Gasteiger partial charge in [0.15, 0.2) is 0 Å². The van der Waals surface area contributed by atoms with E-state index in [0.717, 1.165) is 18.9 Å². The van der Waals surface area contributed by atoms with E-state index < -0.39 is 0 Å². The Morgan fingerprint density at radius 1 is 1.33 bits per heavy atom. The summed E-state index contributed by atoms with van der Waals surface area (Å²) in [6.45, 7) is 0.989. The van der Waals surface area contributed by atoms with Crippen LogP contribution < -0.4 is 0 Å². The van der Waals surface area contributed by atoms with E-state index in [1.54, 1.807) is 0 Å². The van der Waals surface area contributed by atoms with Gasteiger partial charge in [0.05, 0.1) is 6.10 Å². The molecular formula is C8H12O. The smallest absolute Gasteiger partial charge is 0.0609 e. The molecule has 1 nitrogen and oxygen atoms in total. The lowest BCUT2D eigenvalue weighted by Gasteiger charge is -2.25. The molecule has 0 amide bonds. The monoisotopic (exact) mass is 124 g/mol. The molecule has 2 unspecified atom stereocenters. The van der Waals surface area contributed by atoms with Crippen molar-refractivity contribution in [1.82, 2.24) is 0 Å². The van der Waals surface area contributed by atoms with Gasteiger partial charge >= 0.3 is 0 Å². The summed E-state index contributed by atoms with van der Waals surface area (Å²) < 4.78 is 5.54. The fourth-order valence-electron chi connectivity index (χ4n) is 1.77. The third kappa shape index (κ3) is 0.983. The molecule has 2 radical (unpaired) electrons. The molecule has 0 aromatic rings. The van der Waals surface area contributed by atoms with Gasteiger partial charge in [-0.1, -0.05) is 0 Å². The van der Waals surface area contributed by atoms with Crippen LogP contribution in [-0.4, -0.2) is 12.7 Å². The highest BCUT2D eigenvalue weighted by Gasteiger charge is 2.30. The van der Waals surface area contributed by atoms with Crippen molar-refractivity contribution in [3.05, 3.63) is 6.42 Å². The van der Waals surface area contributed by atoms with Crippen molar-refractivity contribution < 1.29 is 4.74 Å². The fraction of sp³-hybridized carbons (Fsp3) is 0.875. The molecule has 1 aliphatic heterocycles. The molecule has 2 rings (SSSR count). The van der Waals surface area contributed by atoms with E-state index in [4.69, 9.17) is 4.74 Å². The van der Waals surface area contributed by atoms with E-state index >= 15 is 0 Å². The number of hydrogen-bond donors (Lipinski definition) is 0. The normalized spacial score (nSPS) is 42.7. The lowest BCUT2D eigenvalue weighted by molar-refractivity contribution is -0.00881. The van der Waals surface area contributed by atoms with Gasteiger partial charge in [-0.15, -0.1) is 0 Å². The van der Waals surface area contributed by atoms with Gasteiger partial charge < -0.3 is 4.74 Å². The second kappa shape index (κ2) is 2.30. The van der Waals surface area contributed by atoms with E-state index in [9.17, 15) is 0 Å². The minimum Gasteiger partial charge on any atom is -0.378 e. The van der Waals surface area contributed by atoms with E-state index in [1.165, 1.54) is 19.3 Å². The minimum absolute atomic E-state index is 0.554. The quantitative estimate of drug-likeness (QED) is 0.477. The van der Waals surface area contributed by atoms with Crippen molar-refractivity contribution in [3.63, 3.8) is 0 Å². The number of fused-ring (bicyclic) bond motifs is 1. The predicted octanol–water partition coefficient (Wildman–Crippen LogP) is 1.66. The Bertz CT molecular complexity index is 88.7. The van der Waals surface area contributed by atoms with Gasteiger partial charge in [-0.25, -0.2) is 0 Å². The Hall–Kier alpha value is -0.0400. The van der Waals surface area contributed by atoms with Gasteiger partial charge in [-0.3, -0.25) is 0 Å². The van der Waals surface area contributed by atoms with E-state index in [1.807, 2.05) is 0 Å². The summed E-state index contributed by atoms with van der Waals surface area (Å²) in [5.41, 5.74) is 0. The molecule has 0 spiro atoms. The first-order valence-electron chi connectivity index (χ1n) is 3.79. The topological polar surface area (TPSA) is 9.23 Å². The highest BCUT2D eigenvalue weighted by Crippen LogP contribution is 2.33. The average molecular weight is 124 g/mol. The zero-order valence-electron chi connectivity index (χ0n) is 5.60. The highest BCUT2D eigenvalue weighted by molar-refractivity contribution is 4.90. The number of hydrogen-bond acceptors (Lipinski definition) is 1. The van der Waals surface area contributed by atoms with Gasteiger partial charge in [0, 0.05) is 6.61 Å². The van der Waals surface area contributed by atoms with Crippen LogP contribution in [0.5, 0.6) is 0 Å². The van der Waals surface area contributed by atoms with Crippen LogP contribution in [0.25, 0.3) is 0 Å². The first-order valence-corrected chi connectivity index (χ1v) is 3.79. The van der Waals surface area contributed by atoms with Crippen molar-refractivity contribution in [2.75, 3.05) is 6.61 Å². The summed E-state index contributed by atoms with van der Waals surface area (Å²) in [6, 6.07) is 0. The van der Waals surface area contributed by atoms with Crippen molar-refractivity contribution in [2.45, 2.75) is 31.8 Å². The summed E-state index contributed by atoms with van der Waals surface area (Å²) in [6.07, 6.45) is 8.81. The molecule has 0 bridgehead atoms. The van der Waals surface area contributed by atoms with Crippen LogP contribution in [0.1, 0.15) is 25.7 Å². The molecule has 1 heteroatoms. The third-order valence-corrected chi connectivity index (χ3v) is 2.33. The maximum Gasteiger partial charge on any atom is 0.0609 e. The SMILES string of the molecule is [C]1CC2CCCOC2C1. The summed E-state index contributed by atoms with van der Waals surface area (Å²) in [5, 5.41) is 0. The molecule has 2 atom stereocenters. The standard InChI is InChI=1S/C8H12O/c1-3-7-4-2-6-9-8(7)5-1/h7-8H,2-6H2. The van der Waals surface area contributed by atoms with Crippen molar-refractivity contribution >= 4 is 0 Å². The Balaban J connectivity index is 1.97. The molecule has 2 aliphatic rings.